The molecule has 150 valence electrons. The van der Waals surface area contributed by atoms with Crippen LogP contribution in [0.2, 0.25) is 5.02 Å². The van der Waals surface area contributed by atoms with Crippen LogP contribution in [0.3, 0.4) is 0 Å². The summed E-state index contributed by atoms with van der Waals surface area (Å²) in [5.74, 6) is -1.19. The molecule has 0 aliphatic heterocycles. The SMILES string of the molecule is Cc1ccc(Cl)c(OCC(=O)O[C@H](C)C(=O)Nc2ccc(C(F)(F)F)cc2)c1. The van der Waals surface area contributed by atoms with Crippen LogP contribution in [0.25, 0.3) is 0 Å². The van der Waals surface area contributed by atoms with E-state index in [0.29, 0.717) is 10.8 Å². The molecule has 0 bridgehead atoms. The molecule has 0 unspecified atom stereocenters. The maximum absolute atomic E-state index is 12.5. The predicted molar refractivity (Wildman–Crippen MR) is 97.3 cm³/mol. The van der Waals surface area contributed by atoms with Crippen LogP contribution >= 0.6 is 11.6 Å². The third-order valence-corrected chi connectivity index (χ3v) is 3.90. The number of benzene rings is 2. The molecule has 0 saturated heterocycles. The molecular weight excluding hydrogens is 399 g/mol. The number of aryl methyl sites for hydroxylation is 1. The molecule has 0 aliphatic rings. The number of halogens is 4. The van der Waals surface area contributed by atoms with E-state index in [1.54, 1.807) is 18.2 Å². The van der Waals surface area contributed by atoms with Crippen molar-refractivity contribution in [3.63, 3.8) is 0 Å². The molecule has 1 amide bonds. The number of carbonyl (C=O) groups excluding carboxylic acids is 2. The summed E-state index contributed by atoms with van der Waals surface area (Å²) in [6.07, 6.45) is -5.64. The lowest BCUT2D eigenvalue weighted by atomic mass is 10.2. The van der Waals surface area contributed by atoms with Crippen LogP contribution in [-0.4, -0.2) is 24.6 Å². The molecule has 0 fully saturated rings. The molecule has 0 saturated carbocycles. The number of alkyl halides is 3. The van der Waals surface area contributed by atoms with E-state index in [1.807, 2.05) is 6.92 Å². The zero-order valence-electron chi connectivity index (χ0n) is 15.0. The van der Waals surface area contributed by atoms with Gasteiger partial charge in [0, 0.05) is 5.69 Å². The summed E-state index contributed by atoms with van der Waals surface area (Å²) in [5, 5.41) is 2.70. The van der Waals surface area contributed by atoms with Crippen molar-refractivity contribution in [1.82, 2.24) is 0 Å². The summed E-state index contributed by atoms with van der Waals surface area (Å²) in [6.45, 7) is 2.70. The normalized spacial score (nSPS) is 12.2. The van der Waals surface area contributed by atoms with Gasteiger partial charge in [-0.2, -0.15) is 13.2 Å². The van der Waals surface area contributed by atoms with E-state index in [9.17, 15) is 22.8 Å². The van der Waals surface area contributed by atoms with Gasteiger partial charge >= 0.3 is 12.1 Å². The van der Waals surface area contributed by atoms with Crippen molar-refractivity contribution >= 4 is 29.2 Å². The first kappa shape index (κ1) is 21.6. The highest BCUT2D eigenvalue weighted by Gasteiger charge is 2.30. The Balaban J connectivity index is 1.86. The summed E-state index contributed by atoms with van der Waals surface area (Å²) in [5.41, 5.74) is 0.192. The highest BCUT2D eigenvalue weighted by atomic mass is 35.5. The number of anilines is 1. The Labute approximate surface area is 164 Å². The van der Waals surface area contributed by atoms with Crippen molar-refractivity contribution in [3.8, 4) is 5.75 Å². The number of nitrogens with one attached hydrogen (secondary N) is 1. The number of ether oxygens (including phenoxy) is 2. The van der Waals surface area contributed by atoms with Crippen molar-refractivity contribution < 1.29 is 32.2 Å². The Kier molecular flexibility index (Phi) is 6.90. The predicted octanol–water partition coefficient (Wildman–Crippen LogP) is 4.62. The lowest BCUT2D eigenvalue weighted by Gasteiger charge is -2.15. The lowest BCUT2D eigenvalue weighted by Crippen LogP contribution is -2.31. The zero-order valence-corrected chi connectivity index (χ0v) is 15.7. The molecule has 9 heteroatoms. The van der Waals surface area contributed by atoms with Crippen molar-refractivity contribution in [2.45, 2.75) is 26.1 Å². The van der Waals surface area contributed by atoms with E-state index in [2.05, 4.69) is 5.32 Å². The van der Waals surface area contributed by atoms with Crippen LogP contribution in [0.15, 0.2) is 42.5 Å². The average Bonchev–Trinajstić information content (AvgIpc) is 2.62. The van der Waals surface area contributed by atoms with Crippen molar-refractivity contribution in [3.05, 3.63) is 58.6 Å². The van der Waals surface area contributed by atoms with E-state index in [1.165, 1.54) is 6.92 Å². The maximum atomic E-state index is 12.5. The topological polar surface area (TPSA) is 64.6 Å². The Morgan fingerprint density at radius 1 is 1.14 bits per heavy atom. The van der Waals surface area contributed by atoms with Gasteiger partial charge in [-0.1, -0.05) is 17.7 Å². The molecule has 1 N–H and O–H groups in total. The third-order valence-electron chi connectivity index (χ3n) is 3.59. The fourth-order valence-corrected chi connectivity index (χ4v) is 2.30. The fraction of sp³-hybridized carbons (Fsp3) is 0.263. The highest BCUT2D eigenvalue weighted by molar-refractivity contribution is 6.32. The molecule has 5 nitrogen and oxygen atoms in total. The van der Waals surface area contributed by atoms with Crippen LogP contribution in [0.5, 0.6) is 5.75 Å². The van der Waals surface area contributed by atoms with E-state index >= 15 is 0 Å². The van der Waals surface area contributed by atoms with Gasteiger partial charge in [0.05, 0.1) is 10.6 Å². The van der Waals surface area contributed by atoms with Crippen molar-refractivity contribution in [2.75, 3.05) is 11.9 Å². The van der Waals surface area contributed by atoms with Crippen LogP contribution in [-0.2, 0) is 20.5 Å². The Hall–Kier alpha value is -2.74. The second-order valence-corrected chi connectivity index (χ2v) is 6.33. The van der Waals surface area contributed by atoms with E-state index < -0.39 is 36.3 Å². The standard InChI is InChI=1S/C19H17ClF3NO4/c1-11-3-8-15(20)16(9-11)27-10-17(25)28-12(2)18(26)24-14-6-4-13(5-7-14)19(21,22)23/h3-9,12H,10H2,1-2H3,(H,24,26)/t12-/m1/s1. The van der Waals surface area contributed by atoms with Crippen LogP contribution in [0.4, 0.5) is 18.9 Å². The van der Waals surface area contributed by atoms with Crippen molar-refractivity contribution in [1.29, 1.82) is 0 Å². The highest BCUT2D eigenvalue weighted by Crippen LogP contribution is 2.30. The third kappa shape index (κ3) is 6.16. The van der Waals surface area contributed by atoms with Crippen LogP contribution < -0.4 is 10.1 Å². The number of hydrogen-bond acceptors (Lipinski definition) is 4. The molecule has 0 radical (unpaired) electrons. The molecule has 28 heavy (non-hydrogen) atoms. The minimum atomic E-state index is -4.47. The van der Waals surface area contributed by atoms with Crippen molar-refractivity contribution in [2.24, 2.45) is 0 Å². The first-order chi connectivity index (χ1) is 13.1. The molecule has 2 rings (SSSR count). The summed E-state index contributed by atoms with van der Waals surface area (Å²) < 4.78 is 47.8. The maximum Gasteiger partial charge on any atom is 0.416 e. The summed E-state index contributed by atoms with van der Waals surface area (Å²) >= 11 is 5.95. The zero-order chi connectivity index (χ0) is 20.9. The minimum absolute atomic E-state index is 0.142. The van der Waals surface area contributed by atoms with Gasteiger partial charge in [-0.05, 0) is 55.8 Å². The van der Waals surface area contributed by atoms with Gasteiger partial charge in [0.25, 0.3) is 5.91 Å². The number of carbonyl (C=O) groups is 2. The molecule has 0 heterocycles. The first-order valence-electron chi connectivity index (χ1n) is 8.13. The molecular formula is C19H17ClF3NO4. The molecule has 0 spiro atoms. The molecule has 2 aromatic rings. The number of hydrogen-bond donors (Lipinski definition) is 1. The smallest absolute Gasteiger partial charge is 0.416 e. The van der Waals surface area contributed by atoms with Gasteiger partial charge in [-0.25, -0.2) is 4.79 Å². The van der Waals surface area contributed by atoms with Gasteiger partial charge in [0.1, 0.15) is 5.75 Å². The van der Waals surface area contributed by atoms with E-state index in [4.69, 9.17) is 21.1 Å². The second-order valence-electron chi connectivity index (χ2n) is 5.92. The van der Waals surface area contributed by atoms with Crippen LogP contribution in [0, 0.1) is 6.92 Å². The Morgan fingerprint density at radius 3 is 2.39 bits per heavy atom. The molecule has 1 atom stereocenters. The number of amides is 1. The summed E-state index contributed by atoms with van der Waals surface area (Å²) in [6, 6.07) is 8.95. The number of rotatable bonds is 6. The van der Waals surface area contributed by atoms with E-state index in [-0.39, 0.29) is 5.69 Å². The number of esters is 1. The monoisotopic (exact) mass is 415 g/mol. The van der Waals surface area contributed by atoms with Gasteiger partial charge in [0.2, 0.25) is 0 Å². The van der Waals surface area contributed by atoms with Gasteiger partial charge in [-0.15, -0.1) is 0 Å². The van der Waals surface area contributed by atoms with Crippen LogP contribution in [0.1, 0.15) is 18.1 Å². The molecule has 0 aliphatic carbocycles. The summed E-state index contributed by atoms with van der Waals surface area (Å²) in [7, 11) is 0. The largest absolute Gasteiger partial charge is 0.480 e. The average molecular weight is 416 g/mol. The minimum Gasteiger partial charge on any atom is -0.480 e. The van der Waals surface area contributed by atoms with Gasteiger partial charge < -0.3 is 14.8 Å². The Morgan fingerprint density at radius 2 is 1.79 bits per heavy atom. The first-order valence-corrected chi connectivity index (χ1v) is 8.50. The molecule has 0 aromatic heterocycles. The van der Waals surface area contributed by atoms with E-state index in [0.717, 1.165) is 29.8 Å². The quantitative estimate of drug-likeness (QED) is 0.699. The Bertz CT molecular complexity index is 853. The molecule has 2 aromatic carbocycles. The second kappa shape index (κ2) is 8.97. The summed E-state index contributed by atoms with van der Waals surface area (Å²) in [4.78, 5) is 23.9. The fourth-order valence-electron chi connectivity index (χ4n) is 2.13. The van der Waals surface area contributed by atoms with Gasteiger partial charge in [-0.3, -0.25) is 4.79 Å². The lowest BCUT2D eigenvalue weighted by molar-refractivity contribution is -0.155. The van der Waals surface area contributed by atoms with Gasteiger partial charge in [0.15, 0.2) is 12.7 Å².